The highest BCUT2D eigenvalue weighted by Crippen LogP contribution is 2.28. The summed E-state index contributed by atoms with van der Waals surface area (Å²) < 4.78 is 0. The van der Waals surface area contributed by atoms with Crippen molar-refractivity contribution in [3.8, 4) is 0 Å². The van der Waals surface area contributed by atoms with Crippen molar-refractivity contribution in [2.45, 2.75) is 19.0 Å². The zero-order chi connectivity index (χ0) is 9.38. The molecular weight excluding hydrogens is 194 g/mol. The van der Waals surface area contributed by atoms with Crippen molar-refractivity contribution in [2.75, 3.05) is 19.6 Å². The van der Waals surface area contributed by atoms with Crippen LogP contribution in [0.25, 0.3) is 0 Å². The average Bonchev–Trinajstić information content (AvgIpc) is 2.85. The predicted molar refractivity (Wildman–Crippen MR) is 57.3 cm³/mol. The van der Waals surface area contributed by atoms with Gasteiger partial charge in [0.05, 0.1) is 11.2 Å². The summed E-state index contributed by atoms with van der Waals surface area (Å²) in [5.41, 5.74) is 3.16. The third kappa shape index (κ3) is 1.47. The maximum atomic E-state index is 4.35. The van der Waals surface area contributed by atoms with Crippen molar-refractivity contribution in [3.05, 3.63) is 16.6 Å². The quantitative estimate of drug-likeness (QED) is 0.785. The zero-order valence-corrected chi connectivity index (χ0v) is 8.96. The van der Waals surface area contributed by atoms with Gasteiger partial charge in [-0.1, -0.05) is 0 Å². The Morgan fingerprint density at radius 2 is 2.57 bits per heavy atom. The molecule has 4 heteroatoms. The minimum Gasteiger partial charge on any atom is -0.315 e. The van der Waals surface area contributed by atoms with Crippen LogP contribution in [0.2, 0.25) is 0 Å². The second kappa shape index (κ2) is 3.61. The molecule has 3 heterocycles. The van der Waals surface area contributed by atoms with E-state index in [2.05, 4.69) is 20.6 Å². The lowest BCUT2D eigenvalue weighted by atomic mass is 10.1. The van der Waals surface area contributed by atoms with E-state index in [-0.39, 0.29) is 0 Å². The predicted octanol–water partition coefficient (Wildman–Crippen LogP) is 0.937. The summed E-state index contributed by atoms with van der Waals surface area (Å²) >= 11 is 1.69. The number of hydrogen-bond donors (Lipinski definition) is 1. The van der Waals surface area contributed by atoms with Gasteiger partial charge in [-0.25, -0.2) is 4.98 Å². The summed E-state index contributed by atoms with van der Waals surface area (Å²) in [4.78, 5) is 6.93. The van der Waals surface area contributed by atoms with Gasteiger partial charge in [-0.05, 0) is 25.4 Å². The molecule has 0 radical (unpaired) electrons. The van der Waals surface area contributed by atoms with Crippen LogP contribution in [0.3, 0.4) is 0 Å². The molecule has 2 aliphatic heterocycles. The molecule has 1 N–H and O–H groups in total. The van der Waals surface area contributed by atoms with Gasteiger partial charge >= 0.3 is 0 Å². The van der Waals surface area contributed by atoms with Crippen molar-refractivity contribution in [1.29, 1.82) is 0 Å². The summed E-state index contributed by atoms with van der Waals surface area (Å²) in [5.74, 6) is 0.897. The lowest BCUT2D eigenvalue weighted by Gasteiger charge is -2.21. The van der Waals surface area contributed by atoms with E-state index in [0.29, 0.717) is 0 Å². The molecule has 1 aromatic heterocycles. The van der Waals surface area contributed by atoms with Gasteiger partial charge in [0.1, 0.15) is 0 Å². The summed E-state index contributed by atoms with van der Waals surface area (Å²) in [6.45, 7) is 4.70. The molecule has 0 saturated carbocycles. The van der Waals surface area contributed by atoms with E-state index >= 15 is 0 Å². The second-order valence-corrected chi connectivity index (χ2v) is 4.94. The van der Waals surface area contributed by atoms with E-state index in [0.717, 1.165) is 18.5 Å². The van der Waals surface area contributed by atoms with Crippen LogP contribution in [0, 0.1) is 5.92 Å². The van der Waals surface area contributed by atoms with Crippen LogP contribution in [0.5, 0.6) is 0 Å². The van der Waals surface area contributed by atoms with Crippen LogP contribution >= 0.6 is 11.3 Å². The van der Waals surface area contributed by atoms with Gasteiger partial charge in [0, 0.05) is 24.5 Å². The zero-order valence-electron chi connectivity index (χ0n) is 8.15. The van der Waals surface area contributed by atoms with Crippen LogP contribution in [-0.4, -0.2) is 35.6 Å². The van der Waals surface area contributed by atoms with Crippen LogP contribution < -0.4 is 5.32 Å². The number of likely N-dealkylation sites (tertiary alicyclic amines) is 1. The topological polar surface area (TPSA) is 28.2 Å². The molecular formula is C10H15N3S. The number of nitrogens with zero attached hydrogens (tertiary/aromatic N) is 2. The van der Waals surface area contributed by atoms with Crippen LogP contribution in [0.4, 0.5) is 0 Å². The molecule has 2 fully saturated rings. The standard InChI is InChI=1S/C10H15N3S/c1-2-13(5-9-6-14-7-12-9)10-4-11-3-8(1)10/h6-8,10-11H,1-5H2/t8-,10+/m1/s1. The van der Waals surface area contributed by atoms with Crippen molar-refractivity contribution in [2.24, 2.45) is 5.92 Å². The molecule has 1 aromatic rings. The lowest BCUT2D eigenvalue weighted by molar-refractivity contribution is 0.241. The van der Waals surface area contributed by atoms with E-state index in [1.165, 1.54) is 31.7 Å². The highest BCUT2D eigenvalue weighted by Gasteiger charge is 2.37. The van der Waals surface area contributed by atoms with Gasteiger partial charge in [0.25, 0.3) is 0 Å². The Labute approximate surface area is 88.1 Å². The Morgan fingerprint density at radius 1 is 1.57 bits per heavy atom. The maximum absolute atomic E-state index is 4.35. The summed E-state index contributed by atoms with van der Waals surface area (Å²) in [6.07, 6.45) is 1.36. The van der Waals surface area contributed by atoms with E-state index < -0.39 is 0 Å². The molecule has 0 aromatic carbocycles. The monoisotopic (exact) mass is 209 g/mol. The summed E-state index contributed by atoms with van der Waals surface area (Å²) in [6, 6.07) is 0.775. The molecule has 2 saturated heterocycles. The van der Waals surface area contributed by atoms with Gasteiger partial charge in [-0.2, -0.15) is 0 Å². The minimum atomic E-state index is 0.775. The molecule has 14 heavy (non-hydrogen) atoms. The Morgan fingerprint density at radius 3 is 3.43 bits per heavy atom. The Hall–Kier alpha value is -0.450. The number of aromatic nitrogens is 1. The highest BCUT2D eigenvalue weighted by molar-refractivity contribution is 7.07. The van der Waals surface area contributed by atoms with E-state index in [1.54, 1.807) is 11.3 Å². The molecule has 76 valence electrons. The number of hydrogen-bond acceptors (Lipinski definition) is 4. The molecule has 3 nitrogen and oxygen atoms in total. The van der Waals surface area contributed by atoms with Gasteiger partial charge in [0.2, 0.25) is 0 Å². The first-order chi connectivity index (χ1) is 6.93. The molecule has 2 aliphatic rings. The Bertz CT molecular complexity index is 298. The van der Waals surface area contributed by atoms with Crippen LogP contribution in [0.1, 0.15) is 12.1 Å². The number of thiazole rings is 1. The fraction of sp³-hybridized carbons (Fsp3) is 0.700. The van der Waals surface area contributed by atoms with Gasteiger partial charge in [-0.3, -0.25) is 4.90 Å². The van der Waals surface area contributed by atoms with Crippen molar-refractivity contribution >= 4 is 11.3 Å². The molecule has 0 amide bonds. The Balaban J connectivity index is 1.68. The molecule has 2 atom stereocenters. The first kappa shape index (κ1) is 8.83. The van der Waals surface area contributed by atoms with Gasteiger partial charge in [-0.15, -0.1) is 11.3 Å². The third-order valence-corrected chi connectivity index (χ3v) is 4.04. The van der Waals surface area contributed by atoms with Crippen LogP contribution in [0.15, 0.2) is 10.9 Å². The second-order valence-electron chi connectivity index (χ2n) is 4.22. The fourth-order valence-electron chi connectivity index (χ4n) is 2.66. The van der Waals surface area contributed by atoms with Crippen molar-refractivity contribution in [1.82, 2.24) is 15.2 Å². The largest absolute Gasteiger partial charge is 0.315 e. The normalized spacial score (nSPS) is 32.3. The molecule has 0 bridgehead atoms. The van der Waals surface area contributed by atoms with E-state index in [4.69, 9.17) is 0 Å². The molecule has 0 aliphatic carbocycles. The minimum absolute atomic E-state index is 0.775. The Kier molecular flexibility index (Phi) is 2.27. The SMILES string of the molecule is c1nc(CN2CC[C@@H]3CNC[C@@H]32)cs1. The molecule has 3 rings (SSSR count). The highest BCUT2D eigenvalue weighted by atomic mass is 32.1. The van der Waals surface area contributed by atoms with Crippen molar-refractivity contribution < 1.29 is 0 Å². The lowest BCUT2D eigenvalue weighted by Crippen LogP contribution is -2.33. The van der Waals surface area contributed by atoms with Gasteiger partial charge in [0.15, 0.2) is 0 Å². The van der Waals surface area contributed by atoms with Crippen molar-refractivity contribution in [3.63, 3.8) is 0 Å². The first-order valence-corrected chi connectivity index (χ1v) is 6.19. The van der Waals surface area contributed by atoms with E-state index in [9.17, 15) is 0 Å². The number of nitrogens with one attached hydrogen (secondary N) is 1. The molecule has 0 spiro atoms. The summed E-state index contributed by atoms with van der Waals surface area (Å²) in [5, 5.41) is 5.64. The maximum Gasteiger partial charge on any atom is 0.0795 e. The summed E-state index contributed by atoms with van der Waals surface area (Å²) in [7, 11) is 0. The average molecular weight is 209 g/mol. The first-order valence-electron chi connectivity index (χ1n) is 5.25. The van der Waals surface area contributed by atoms with Crippen LogP contribution in [-0.2, 0) is 6.54 Å². The smallest absolute Gasteiger partial charge is 0.0795 e. The van der Waals surface area contributed by atoms with E-state index in [1.807, 2.05) is 5.51 Å². The third-order valence-electron chi connectivity index (χ3n) is 3.41. The fourth-order valence-corrected chi connectivity index (χ4v) is 3.21. The molecule has 0 unspecified atom stereocenters. The number of rotatable bonds is 2. The number of fused-ring (bicyclic) bond motifs is 1. The van der Waals surface area contributed by atoms with Gasteiger partial charge < -0.3 is 5.32 Å².